The van der Waals surface area contributed by atoms with Gasteiger partial charge in [0, 0.05) is 29.2 Å². The molecule has 0 radical (unpaired) electrons. The van der Waals surface area contributed by atoms with Crippen LogP contribution in [0.2, 0.25) is 5.02 Å². The van der Waals surface area contributed by atoms with Crippen molar-refractivity contribution in [1.82, 2.24) is 4.57 Å². The van der Waals surface area contributed by atoms with Crippen LogP contribution >= 0.6 is 22.9 Å². The highest BCUT2D eigenvalue weighted by molar-refractivity contribution is 7.16. The normalized spacial score (nSPS) is 12.4. The smallest absolute Gasteiger partial charge is 0.335 e. The first kappa shape index (κ1) is 28.4. The molecule has 8 nitrogen and oxygen atoms in total. The molecule has 0 N–H and O–H groups in total. The topological polar surface area (TPSA) is 88.4 Å². The SMILES string of the molecule is CCOC(Cc1ccc(OCCn2c(=O)sc3cc(/C(=N/OC)c4cccc(Cl)c4)ccc32)cc1)C(=O)OC. The van der Waals surface area contributed by atoms with Crippen LogP contribution in [0.1, 0.15) is 23.6 Å². The van der Waals surface area contributed by atoms with Gasteiger partial charge in [-0.3, -0.25) is 9.36 Å². The molecule has 0 saturated carbocycles. The summed E-state index contributed by atoms with van der Waals surface area (Å²) in [5.74, 6) is 0.269. The van der Waals surface area contributed by atoms with Crippen molar-refractivity contribution in [3.05, 3.63) is 98.1 Å². The molecule has 3 aromatic carbocycles. The Labute approximate surface area is 235 Å². The van der Waals surface area contributed by atoms with Gasteiger partial charge in [0.05, 0.1) is 23.9 Å². The number of oxime groups is 1. The van der Waals surface area contributed by atoms with Crippen LogP contribution in [0.4, 0.5) is 0 Å². The number of nitrogens with zero attached hydrogens (tertiary/aromatic N) is 2. The van der Waals surface area contributed by atoms with E-state index in [0.29, 0.717) is 42.7 Å². The van der Waals surface area contributed by atoms with Crippen molar-refractivity contribution < 1.29 is 23.8 Å². The van der Waals surface area contributed by atoms with Crippen LogP contribution in [0.25, 0.3) is 10.2 Å². The molecule has 0 spiro atoms. The minimum Gasteiger partial charge on any atom is -0.492 e. The maximum absolute atomic E-state index is 12.8. The second-order valence-corrected chi connectivity index (χ2v) is 9.93. The molecule has 0 aliphatic rings. The van der Waals surface area contributed by atoms with Gasteiger partial charge < -0.3 is 19.0 Å². The number of rotatable bonds is 12. The third kappa shape index (κ3) is 7.06. The summed E-state index contributed by atoms with van der Waals surface area (Å²) in [5, 5.41) is 4.79. The molecule has 0 saturated heterocycles. The number of ether oxygens (including phenoxy) is 3. The first-order valence-corrected chi connectivity index (χ1v) is 13.5. The minimum atomic E-state index is -0.645. The van der Waals surface area contributed by atoms with Crippen molar-refractivity contribution in [1.29, 1.82) is 0 Å². The molecule has 0 fully saturated rings. The third-order valence-electron chi connectivity index (χ3n) is 5.98. The average Bonchev–Trinajstić information content (AvgIpc) is 3.25. The number of thiazole rings is 1. The summed E-state index contributed by atoms with van der Waals surface area (Å²) in [6, 6.07) is 20.6. The summed E-state index contributed by atoms with van der Waals surface area (Å²) >= 11 is 7.34. The van der Waals surface area contributed by atoms with Gasteiger partial charge in [-0.25, -0.2) is 4.79 Å². The second-order valence-electron chi connectivity index (χ2n) is 8.50. The van der Waals surface area contributed by atoms with E-state index >= 15 is 0 Å². The Morgan fingerprint density at radius 3 is 2.51 bits per heavy atom. The lowest BCUT2D eigenvalue weighted by Crippen LogP contribution is -2.28. The number of aromatic nitrogens is 1. The van der Waals surface area contributed by atoms with E-state index in [1.807, 2.05) is 67.6 Å². The highest BCUT2D eigenvalue weighted by Gasteiger charge is 2.20. The first-order chi connectivity index (χ1) is 18.9. The Morgan fingerprint density at radius 2 is 1.82 bits per heavy atom. The van der Waals surface area contributed by atoms with E-state index in [1.165, 1.54) is 25.6 Å². The number of hydrogen-bond donors (Lipinski definition) is 0. The van der Waals surface area contributed by atoms with Gasteiger partial charge in [-0.1, -0.05) is 58.4 Å². The van der Waals surface area contributed by atoms with Crippen molar-refractivity contribution in [3.63, 3.8) is 0 Å². The molecule has 39 heavy (non-hydrogen) atoms. The van der Waals surface area contributed by atoms with Gasteiger partial charge in [0.2, 0.25) is 0 Å². The third-order valence-corrected chi connectivity index (χ3v) is 7.16. The van der Waals surface area contributed by atoms with Crippen molar-refractivity contribution in [2.24, 2.45) is 5.16 Å². The summed E-state index contributed by atoms with van der Waals surface area (Å²) in [5.41, 5.74) is 4.00. The lowest BCUT2D eigenvalue weighted by Gasteiger charge is -2.15. The van der Waals surface area contributed by atoms with Crippen molar-refractivity contribution in [2.75, 3.05) is 27.4 Å². The van der Waals surface area contributed by atoms with Gasteiger partial charge in [-0.2, -0.15) is 0 Å². The first-order valence-electron chi connectivity index (χ1n) is 12.4. The Hall–Kier alpha value is -3.66. The van der Waals surface area contributed by atoms with Crippen LogP contribution in [-0.4, -0.2) is 49.8 Å². The second kappa shape index (κ2) is 13.4. The van der Waals surface area contributed by atoms with Crippen LogP contribution in [0.5, 0.6) is 5.75 Å². The van der Waals surface area contributed by atoms with E-state index < -0.39 is 12.1 Å². The fraction of sp³-hybridized carbons (Fsp3) is 0.276. The molecule has 1 heterocycles. The quantitative estimate of drug-likeness (QED) is 0.131. The fourth-order valence-corrected chi connectivity index (χ4v) is 5.31. The van der Waals surface area contributed by atoms with Crippen LogP contribution in [0.3, 0.4) is 0 Å². The van der Waals surface area contributed by atoms with Crippen LogP contribution in [-0.2, 0) is 32.1 Å². The molecule has 10 heteroatoms. The predicted octanol–water partition coefficient (Wildman–Crippen LogP) is 5.31. The maximum atomic E-state index is 12.8. The zero-order chi connectivity index (χ0) is 27.8. The van der Waals surface area contributed by atoms with Crippen LogP contribution in [0.15, 0.2) is 76.7 Å². The number of carbonyl (C=O) groups excluding carboxylic acids is 1. The Balaban J connectivity index is 1.44. The van der Waals surface area contributed by atoms with Gasteiger partial charge in [0.25, 0.3) is 0 Å². The zero-order valence-corrected chi connectivity index (χ0v) is 23.5. The minimum absolute atomic E-state index is 0.0705. The van der Waals surface area contributed by atoms with E-state index in [9.17, 15) is 9.59 Å². The number of esters is 1. The molecule has 1 aromatic heterocycles. The molecule has 0 bridgehead atoms. The summed E-state index contributed by atoms with van der Waals surface area (Å²) in [4.78, 5) is 29.7. The van der Waals surface area contributed by atoms with Crippen LogP contribution in [0, 0.1) is 0 Å². The van der Waals surface area contributed by atoms with Crippen molar-refractivity contribution in [3.8, 4) is 5.75 Å². The molecule has 0 aliphatic heterocycles. The number of halogens is 1. The van der Waals surface area contributed by atoms with Gasteiger partial charge in [-0.05, 0) is 48.9 Å². The molecule has 204 valence electrons. The number of fused-ring (bicyclic) bond motifs is 1. The Bertz CT molecular complexity index is 1510. The number of hydrogen-bond acceptors (Lipinski definition) is 8. The lowest BCUT2D eigenvalue weighted by atomic mass is 10.0. The largest absolute Gasteiger partial charge is 0.492 e. The van der Waals surface area contributed by atoms with Gasteiger partial charge in [-0.15, -0.1) is 0 Å². The molecule has 4 rings (SSSR count). The van der Waals surface area contributed by atoms with E-state index in [1.54, 1.807) is 10.6 Å². The van der Waals surface area contributed by atoms with E-state index in [4.69, 9.17) is 30.6 Å². The summed E-state index contributed by atoms with van der Waals surface area (Å²) < 4.78 is 18.7. The lowest BCUT2D eigenvalue weighted by molar-refractivity contribution is -0.153. The summed E-state index contributed by atoms with van der Waals surface area (Å²) in [6.07, 6.45) is -0.235. The molecule has 1 atom stereocenters. The average molecular weight is 569 g/mol. The highest BCUT2D eigenvalue weighted by Crippen LogP contribution is 2.23. The number of methoxy groups -OCH3 is 1. The zero-order valence-electron chi connectivity index (χ0n) is 21.9. The molecule has 0 aliphatic carbocycles. The summed E-state index contributed by atoms with van der Waals surface area (Å²) in [6.45, 7) is 2.96. The maximum Gasteiger partial charge on any atom is 0.335 e. The van der Waals surface area contributed by atoms with Gasteiger partial charge in [0.15, 0.2) is 6.10 Å². The highest BCUT2D eigenvalue weighted by atomic mass is 35.5. The van der Waals surface area contributed by atoms with E-state index in [2.05, 4.69) is 5.16 Å². The van der Waals surface area contributed by atoms with E-state index in [0.717, 1.165) is 26.9 Å². The monoisotopic (exact) mass is 568 g/mol. The van der Waals surface area contributed by atoms with Crippen molar-refractivity contribution >= 4 is 44.8 Å². The fourth-order valence-electron chi connectivity index (χ4n) is 4.16. The molecule has 1 unspecified atom stereocenters. The number of carbonyl (C=O) groups is 1. The van der Waals surface area contributed by atoms with Crippen molar-refractivity contribution in [2.45, 2.75) is 26.0 Å². The predicted molar refractivity (Wildman–Crippen MR) is 153 cm³/mol. The number of benzene rings is 3. The van der Waals surface area contributed by atoms with Gasteiger partial charge >= 0.3 is 10.8 Å². The summed E-state index contributed by atoms with van der Waals surface area (Å²) in [7, 11) is 2.84. The van der Waals surface area contributed by atoms with E-state index in [-0.39, 0.29) is 4.87 Å². The van der Waals surface area contributed by atoms with Gasteiger partial charge in [0.1, 0.15) is 25.2 Å². The van der Waals surface area contributed by atoms with Crippen LogP contribution < -0.4 is 9.61 Å². The Morgan fingerprint density at radius 1 is 1.05 bits per heavy atom. The standard InChI is InChI=1S/C29H29ClN2O6S/c1-4-37-25(28(33)35-2)16-19-8-11-23(12-9-19)38-15-14-32-24-13-10-21(18-26(24)39-29(32)34)27(31-36-3)20-6-5-7-22(30)17-20/h5-13,17-18,25H,4,14-16H2,1-3H3/b31-27+. The molecular weight excluding hydrogens is 540 g/mol. The molecular formula is C29H29ClN2O6S. The Kier molecular flexibility index (Phi) is 9.75. The molecule has 4 aromatic rings. The molecule has 0 amide bonds.